The Morgan fingerprint density at radius 2 is 2.38 bits per heavy atom. The SMILES string of the molecule is Cc1cc(C(=O)N2CCCC(N)C2)nn1C. The fourth-order valence-corrected chi connectivity index (χ4v) is 2.02. The standard InChI is InChI=1S/C11H18N4O/c1-8-6-10(13-14(8)2)11(16)15-5-3-4-9(12)7-15/h6,9H,3-5,7,12H2,1-2H3. The molecule has 1 aliphatic heterocycles. The molecule has 0 bridgehead atoms. The van der Waals surface area contributed by atoms with Crippen molar-refractivity contribution in [2.45, 2.75) is 25.8 Å². The largest absolute Gasteiger partial charge is 0.336 e. The van der Waals surface area contributed by atoms with Gasteiger partial charge in [0.1, 0.15) is 0 Å². The summed E-state index contributed by atoms with van der Waals surface area (Å²) >= 11 is 0. The number of rotatable bonds is 1. The van der Waals surface area contributed by atoms with Gasteiger partial charge in [0.05, 0.1) is 0 Å². The lowest BCUT2D eigenvalue weighted by Gasteiger charge is -2.30. The topological polar surface area (TPSA) is 64.2 Å². The van der Waals surface area contributed by atoms with E-state index in [0.29, 0.717) is 12.2 Å². The van der Waals surface area contributed by atoms with E-state index in [9.17, 15) is 4.79 Å². The Kier molecular flexibility index (Phi) is 2.96. The van der Waals surface area contributed by atoms with Gasteiger partial charge in [-0.25, -0.2) is 0 Å². The molecular weight excluding hydrogens is 204 g/mol. The average Bonchev–Trinajstić information content (AvgIpc) is 2.58. The molecule has 0 saturated carbocycles. The number of carbonyl (C=O) groups excluding carboxylic acids is 1. The molecule has 16 heavy (non-hydrogen) atoms. The third-order valence-electron chi connectivity index (χ3n) is 3.08. The fraction of sp³-hybridized carbons (Fsp3) is 0.636. The van der Waals surface area contributed by atoms with Gasteiger partial charge in [0.25, 0.3) is 5.91 Å². The highest BCUT2D eigenvalue weighted by Crippen LogP contribution is 2.12. The van der Waals surface area contributed by atoms with E-state index in [2.05, 4.69) is 5.10 Å². The second-order valence-corrected chi connectivity index (χ2v) is 4.45. The van der Waals surface area contributed by atoms with Crippen LogP contribution in [0.5, 0.6) is 0 Å². The molecule has 5 heteroatoms. The van der Waals surface area contributed by atoms with Crippen molar-refractivity contribution < 1.29 is 4.79 Å². The molecule has 1 atom stereocenters. The van der Waals surface area contributed by atoms with Gasteiger partial charge >= 0.3 is 0 Å². The number of nitrogens with two attached hydrogens (primary N) is 1. The lowest BCUT2D eigenvalue weighted by Crippen LogP contribution is -2.45. The van der Waals surface area contributed by atoms with Crippen molar-refractivity contribution in [2.75, 3.05) is 13.1 Å². The monoisotopic (exact) mass is 222 g/mol. The normalized spacial score (nSPS) is 21.2. The molecule has 1 saturated heterocycles. The van der Waals surface area contributed by atoms with Crippen LogP contribution in [0.15, 0.2) is 6.07 Å². The number of amides is 1. The van der Waals surface area contributed by atoms with Crippen LogP contribution in [0.25, 0.3) is 0 Å². The maximum Gasteiger partial charge on any atom is 0.274 e. The number of aromatic nitrogens is 2. The van der Waals surface area contributed by atoms with Gasteiger partial charge in [-0.05, 0) is 25.8 Å². The zero-order valence-electron chi connectivity index (χ0n) is 9.81. The van der Waals surface area contributed by atoms with E-state index in [4.69, 9.17) is 5.73 Å². The van der Waals surface area contributed by atoms with Gasteiger partial charge in [0, 0.05) is 31.9 Å². The van der Waals surface area contributed by atoms with Crippen LogP contribution in [0, 0.1) is 6.92 Å². The van der Waals surface area contributed by atoms with Crippen molar-refractivity contribution in [3.8, 4) is 0 Å². The van der Waals surface area contributed by atoms with Crippen molar-refractivity contribution in [3.05, 3.63) is 17.5 Å². The fourth-order valence-electron chi connectivity index (χ4n) is 2.02. The highest BCUT2D eigenvalue weighted by atomic mass is 16.2. The van der Waals surface area contributed by atoms with E-state index in [-0.39, 0.29) is 11.9 Å². The first-order valence-electron chi connectivity index (χ1n) is 5.63. The molecule has 0 spiro atoms. The Morgan fingerprint density at radius 1 is 1.62 bits per heavy atom. The first-order chi connectivity index (χ1) is 7.58. The molecule has 0 aromatic carbocycles. The van der Waals surface area contributed by atoms with Crippen LogP contribution >= 0.6 is 0 Å². The quantitative estimate of drug-likeness (QED) is 0.743. The highest BCUT2D eigenvalue weighted by molar-refractivity contribution is 5.92. The van der Waals surface area contributed by atoms with Crippen LogP contribution in [0.4, 0.5) is 0 Å². The summed E-state index contributed by atoms with van der Waals surface area (Å²) in [6.45, 7) is 3.38. The van der Waals surface area contributed by atoms with Gasteiger partial charge in [-0.1, -0.05) is 0 Å². The lowest BCUT2D eigenvalue weighted by atomic mass is 10.1. The Labute approximate surface area is 95.2 Å². The van der Waals surface area contributed by atoms with E-state index < -0.39 is 0 Å². The maximum absolute atomic E-state index is 12.1. The minimum atomic E-state index is -0.00106. The Morgan fingerprint density at radius 3 is 2.94 bits per heavy atom. The molecule has 2 rings (SSSR count). The summed E-state index contributed by atoms with van der Waals surface area (Å²) in [6.07, 6.45) is 1.99. The summed E-state index contributed by atoms with van der Waals surface area (Å²) in [5.41, 5.74) is 7.37. The van der Waals surface area contributed by atoms with Gasteiger partial charge < -0.3 is 10.6 Å². The number of hydrogen-bond donors (Lipinski definition) is 1. The molecule has 1 unspecified atom stereocenters. The molecule has 2 heterocycles. The molecule has 5 nitrogen and oxygen atoms in total. The molecule has 0 radical (unpaired) electrons. The predicted molar refractivity (Wildman–Crippen MR) is 61.1 cm³/mol. The third kappa shape index (κ3) is 2.09. The maximum atomic E-state index is 12.1. The van der Waals surface area contributed by atoms with Crippen molar-refractivity contribution in [3.63, 3.8) is 0 Å². The smallest absolute Gasteiger partial charge is 0.274 e. The molecule has 0 aliphatic carbocycles. The number of carbonyl (C=O) groups is 1. The number of hydrogen-bond acceptors (Lipinski definition) is 3. The summed E-state index contributed by atoms with van der Waals surface area (Å²) in [5, 5.41) is 4.20. The number of likely N-dealkylation sites (tertiary alicyclic amines) is 1. The summed E-state index contributed by atoms with van der Waals surface area (Å²) in [6, 6.07) is 1.94. The molecule has 88 valence electrons. The molecule has 1 fully saturated rings. The molecule has 1 aliphatic rings. The summed E-state index contributed by atoms with van der Waals surface area (Å²) in [4.78, 5) is 13.9. The Bertz CT molecular complexity index is 379. The van der Waals surface area contributed by atoms with E-state index in [1.807, 2.05) is 20.0 Å². The van der Waals surface area contributed by atoms with Crippen LogP contribution in [0.1, 0.15) is 29.0 Å². The first-order valence-corrected chi connectivity index (χ1v) is 5.63. The number of aryl methyl sites for hydroxylation is 2. The summed E-state index contributed by atoms with van der Waals surface area (Å²) in [5.74, 6) is -0.00106. The average molecular weight is 222 g/mol. The van der Waals surface area contributed by atoms with Gasteiger partial charge in [0.15, 0.2) is 5.69 Å². The van der Waals surface area contributed by atoms with Crippen LogP contribution in [0.3, 0.4) is 0 Å². The van der Waals surface area contributed by atoms with Crippen LogP contribution in [-0.2, 0) is 7.05 Å². The van der Waals surface area contributed by atoms with Crippen molar-refractivity contribution in [1.29, 1.82) is 0 Å². The lowest BCUT2D eigenvalue weighted by molar-refractivity contribution is 0.0702. The summed E-state index contributed by atoms with van der Waals surface area (Å²) in [7, 11) is 1.84. The van der Waals surface area contributed by atoms with Crippen LogP contribution < -0.4 is 5.73 Å². The second kappa shape index (κ2) is 4.25. The highest BCUT2D eigenvalue weighted by Gasteiger charge is 2.24. The van der Waals surface area contributed by atoms with E-state index in [0.717, 1.165) is 25.1 Å². The number of piperidine rings is 1. The Balaban J connectivity index is 2.12. The minimum Gasteiger partial charge on any atom is -0.336 e. The van der Waals surface area contributed by atoms with Crippen LogP contribution in [-0.4, -0.2) is 39.7 Å². The van der Waals surface area contributed by atoms with Gasteiger partial charge in [0.2, 0.25) is 0 Å². The van der Waals surface area contributed by atoms with Crippen molar-refractivity contribution in [2.24, 2.45) is 12.8 Å². The molecule has 2 N–H and O–H groups in total. The van der Waals surface area contributed by atoms with Gasteiger partial charge in [-0.3, -0.25) is 9.48 Å². The van der Waals surface area contributed by atoms with E-state index in [1.54, 1.807) is 9.58 Å². The molecule has 1 amide bonds. The molecule has 1 aromatic rings. The second-order valence-electron chi connectivity index (χ2n) is 4.45. The zero-order chi connectivity index (χ0) is 11.7. The van der Waals surface area contributed by atoms with Gasteiger partial charge in [-0.2, -0.15) is 5.10 Å². The summed E-state index contributed by atoms with van der Waals surface area (Å²) < 4.78 is 1.72. The molecule has 1 aromatic heterocycles. The van der Waals surface area contributed by atoms with E-state index >= 15 is 0 Å². The third-order valence-corrected chi connectivity index (χ3v) is 3.08. The molecular formula is C11H18N4O. The van der Waals surface area contributed by atoms with Gasteiger partial charge in [-0.15, -0.1) is 0 Å². The zero-order valence-corrected chi connectivity index (χ0v) is 9.81. The van der Waals surface area contributed by atoms with Crippen molar-refractivity contribution >= 4 is 5.91 Å². The van der Waals surface area contributed by atoms with Crippen LogP contribution in [0.2, 0.25) is 0 Å². The first kappa shape index (κ1) is 11.1. The number of nitrogens with zero attached hydrogens (tertiary/aromatic N) is 3. The minimum absolute atomic E-state index is 0.00106. The Hall–Kier alpha value is -1.36. The predicted octanol–water partition coefficient (Wildman–Crippen LogP) is 0.292. The van der Waals surface area contributed by atoms with E-state index in [1.165, 1.54) is 0 Å². The van der Waals surface area contributed by atoms with Crippen molar-refractivity contribution in [1.82, 2.24) is 14.7 Å².